The maximum atomic E-state index is 14.9. The van der Waals surface area contributed by atoms with Gasteiger partial charge in [-0.25, -0.2) is 4.79 Å². The first-order valence-electron chi connectivity index (χ1n) is 27.1. The maximum Gasteiger partial charge on any atom is 0.412 e. The zero-order valence-corrected chi connectivity index (χ0v) is 43.3. The van der Waals surface area contributed by atoms with Crippen LogP contribution in [0.2, 0.25) is 0 Å². The summed E-state index contributed by atoms with van der Waals surface area (Å²) in [6.45, 7) is 9.58. The molecule has 3 aromatic rings. The number of nitrogens with one attached hydrogen (secondary N) is 1. The first kappa shape index (κ1) is 56.5. The number of nitro groups is 1. The average molecular weight is 1010 g/mol. The summed E-state index contributed by atoms with van der Waals surface area (Å²) in [6.07, 6.45) is 23.7. The molecule has 3 aromatic carbocycles. The highest BCUT2D eigenvalue weighted by Gasteiger charge is 2.65. The summed E-state index contributed by atoms with van der Waals surface area (Å²) in [7, 11) is 0. The Bertz CT molecular complexity index is 2300. The molecule has 0 bridgehead atoms. The molecule has 1 fully saturated rings. The molecule has 6 rings (SSSR count). The number of nitrogens with zero attached hydrogens (tertiary/aromatic N) is 3. The van der Waals surface area contributed by atoms with Gasteiger partial charge in [-0.2, -0.15) is 0 Å². The van der Waals surface area contributed by atoms with E-state index in [1.165, 1.54) is 63.2 Å². The van der Waals surface area contributed by atoms with E-state index in [9.17, 15) is 29.9 Å². The van der Waals surface area contributed by atoms with Gasteiger partial charge in [0.25, 0.3) is 5.69 Å². The second kappa shape index (κ2) is 29.8. The van der Waals surface area contributed by atoms with E-state index in [0.717, 1.165) is 61.6 Å². The average Bonchev–Trinajstić information content (AvgIpc) is 3.40. The Labute approximate surface area is 433 Å². The molecule has 14 heteroatoms. The monoisotopic (exact) mass is 1000 g/mol. The predicted octanol–water partition coefficient (Wildman–Crippen LogP) is 12.4. The Hall–Kier alpha value is -5.83. The summed E-state index contributed by atoms with van der Waals surface area (Å²) in [5, 5.41) is 39.4. The number of hydrogen-bond donors (Lipinski definition) is 3. The van der Waals surface area contributed by atoms with Crippen LogP contribution in [0.5, 0.6) is 11.5 Å². The number of allylic oxidation sites excluding steroid dienone is 1. The van der Waals surface area contributed by atoms with Crippen LogP contribution < -0.4 is 14.8 Å². The second-order valence-electron chi connectivity index (χ2n) is 19.7. The molecule has 3 N–H and O–H groups in total. The lowest BCUT2D eigenvalue weighted by Crippen LogP contribution is -2.70. The molecule has 0 saturated heterocycles. The van der Waals surface area contributed by atoms with Crippen LogP contribution in [0, 0.1) is 27.9 Å². The van der Waals surface area contributed by atoms with Gasteiger partial charge in [0.2, 0.25) is 11.7 Å². The molecular formula is C59H80N4O10. The Morgan fingerprint density at radius 3 is 2.26 bits per heavy atom. The summed E-state index contributed by atoms with van der Waals surface area (Å²) in [6, 6.07) is 20.6. The van der Waals surface area contributed by atoms with Gasteiger partial charge in [0.05, 0.1) is 23.2 Å². The van der Waals surface area contributed by atoms with Crippen molar-refractivity contribution < 1.29 is 43.8 Å². The molecule has 0 aromatic heterocycles. The van der Waals surface area contributed by atoms with E-state index in [1.807, 2.05) is 49.4 Å². The van der Waals surface area contributed by atoms with E-state index in [-0.39, 0.29) is 62.2 Å². The van der Waals surface area contributed by atoms with Gasteiger partial charge in [0.1, 0.15) is 24.1 Å². The number of amides is 2. The Kier molecular flexibility index (Phi) is 23.0. The van der Waals surface area contributed by atoms with Crippen LogP contribution in [-0.2, 0) is 21.0 Å². The molecule has 0 radical (unpaired) electrons. The lowest BCUT2D eigenvalue weighted by Gasteiger charge is -2.60. The van der Waals surface area contributed by atoms with Crippen LogP contribution in [0.3, 0.4) is 0 Å². The molecule has 73 heavy (non-hydrogen) atoms. The maximum absolute atomic E-state index is 14.9. The highest BCUT2D eigenvalue weighted by Crippen LogP contribution is 2.62. The number of benzene rings is 3. The van der Waals surface area contributed by atoms with Gasteiger partial charge in [0, 0.05) is 62.4 Å². The van der Waals surface area contributed by atoms with Gasteiger partial charge < -0.3 is 39.5 Å². The van der Waals surface area contributed by atoms with Crippen molar-refractivity contribution in [3.63, 3.8) is 0 Å². The van der Waals surface area contributed by atoms with Crippen LogP contribution in [0.1, 0.15) is 152 Å². The summed E-state index contributed by atoms with van der Waals surface area (Å²) in [4.78, 5) is 47.3. The van der Waals surface area contributed by atoms with Gasteiger partial charge in [0.15, 0.2) is 0 Å². The third kappa shape index (κ3) is 15.6. The SMILES string of the molecule is C=CCOC12Oc3ccc(OC(=O)NCCCCCCCCCCCC)cc3C3C(CCCCO)C(CCCCO)C=C(C(=NOCc4ccccc4)CC1N(CCC)C(=O)C=Cc1ccc([N+](=O)[O-])cc1)C32. The first-order chi connectivity index (χ1) is 35.7. The minimum Gasteiger partial charge on any atom is -0.459 e. The van der Waals surface area contributed by atoms with E-state index in [1.54, 1.807) is 35.3 Å². The normalized spacial score (nSPS) is 21.4. The minimum absolute atomic E-state index is 0.00681. The Morgan fingerprint density at radius 2 is 1.59 bits per heavy atom. The number of unbranched alkanes of at least 4 members (excludes halogenated alkanes) is 11. The van der Waals surface area contributed by atoms with Crippen LogP contribution >= 0.6 is 0 Å². The van der Waals surface area contributed by atoms with Gasteiger partial charge in [-0.3, -0.25) is 14.9 Å². The molecule has 1 saturated carbocycles. The number of rotatable bonds is 32. The molecule has 1 heterocycles. The van der Waals surface area contributed by atoms with Crippen LogP contribution in [0.15, 0.2) is 108 Å². The van der Waals surface area contributed by atoms with Crippen molar-refractivity contribution in [3.8, 4) is 11.5 Å². The zero-order valence-electron chi connectivity index (χ0n) is 43.3. The van der Waals surface area contributed by atoms with Crippen molar-refractivity contribution in [2.75, 3.05) is 32.9 Å². The molecule has 0 spiro atoms. The number of carbonyl (C=O) groups is 2. The van der Waals surface area contributed by atoms with Crippen LogP contribution in [-0.4, -0.2) is 82.5 Å². The number of fused-ring (bicyclic) bond motifs is 2. The fourth-order valence-corrected chi connectivity index (χ4v) is 11.0. The van der Waals surface area contributed by atoms with E-state index in [4.69, 9.17) is 24.2 Å². The standard InChI is InChI=1S/C59H80N4O10/c1-4-7-8-9-10-11-12-13-14-20-35-60-58(67)72-48-32-33-53-51(41-48)56-49(26-19-22-38-65)46(25-18-21-37-64)40-50-52(61-71-43-45-23-16-15-17-24-45)42-54(59(73-53,57(50)56)70-39-6-3)62(36-5-2)55(66)34-29-44-27-30-47(31-28-44)63(68)69/h6,15-17,23-24,27-34,40-41,46,49,54,56-57,64-65H,3-5,7-14,18-22,25-26,35-39,42-43H2,1-2H3,(H,60,67). The molecule has 6 atom stereocenters. The van der Waals surface area contributed by atoms with E-state index < -0.39 is 28.8 Å². The molecule has 1 aliphatic heterocycles. The van der Waals surface area contributed by atoms with Crippen LogP contribution in [0.25, 0.3) is 6.08 Å². The number of hydrogen-bond acceptors (Lipinski definition) is 11. The van der Waals surface area contributed by atoms with E-state index >= 15 is 0 Å². The van der Waals surface area contributed by atoms with Crippen molar-refractivity contribution in [1.29, 1.82) is 0 Å². The van der Waals surface area contributed by atoms with Gasteiger partial charge in [-0.15, -0.1) is 6.58 Å². The molecule has 2 aliphatic carbocycles. The van der Waals surface area contributed by atoms with Crippen LogP contribution in [0.4, 0.5) is 10.5 Å². The molecule has 6 unspecified atom stereocenters. The summed E-state index contributed by atoms with van der Waals surface area (Å²) in [5.41, 5.74) is 3.91. The molecule has 2 amide bonds. The minimum atomic E-state index is -1.48. The molecule has 14 nitrogen and oxygen atoms in total. The van der Waals surface area contributed by atoms with Crippen molar-refractivity contribution >= 4 is 29.5 Å². The highest BCUT2D eigenvalue weighted by atomic mass is 16.7. The van der Waals surface area contributed by atoms with Crippen molar-refractivity contribution in [1.82, 2.24) is 10.2 Å². The molecule has 3 aliphatic rings. The number of non-ortho nitro benzene ring substituents is 1. The first-order valence-corrected chi connectivity index (χ1v) is 27.1. The Morgan fingerprint density at radius 1 is 0.890 bits per heavy atom. The van der Waals surface area contributed by atoms with Gasteiger partial charge in [-0.05, 0) is 103 Å². The fraction of sp³-hybridized carbons (Fsp3) is 0.542. The largest absolute Gasteiger partial charge is 0.459 e. The van der Waals surface area contributed by atoms with E-state index in [0.29, 0.717) is 55.1 Å². The van der Waals surface area contributed by atoms with Gasteiger partial charge in [-0.1, -0.05) is 132 Å². The number of oxime groups is 1. The number of carbonyl (C=O) groups excluding carboxylic acids is 2. The lowest BCUT2D eigenvalue weighted by molar-refractivity contribution is -0.384. The van der Waals surface area contributed by atoms with Crippen molar-refractivity contribution in [3.05, 3.63) is 130 Å². The number of aliphatic hydroxyl groups excluding tert-OH is 2. The fourth-order valence-electron chi connectivity index (χ4n) is 11.0. The lowest BCUT2D eigenvalue weighted by atomic mass is 9.55. The number of ether oxygens (including phenoxy) is 3. The summed E-state index contributed by atoms with van der Waals surface area (Å²) >= 11 is 0. The third-order valence-electron chi connectivity index (χ3n) is 14.5. The van der Waals surface area contributed by atoms with Crippen molar-refractivity contribution in [2.24, 2.45) is 22.9 Å². The zero-order chi connectivity index (χ0) is 51.8. The highest BCUT2D eigenvalue weighted by molar-refractivity contribution is 6.03. The smallest absolute Gasteiger partial charge is 0.412 e. The Balaban J connectivity index is 1.41. The summed E-state index contributed by atoms with van der Waals surface area (Å²) < 4.78 is 20.5. The molecule has 396 valence electrons. The quantitative estimate of drug-likeness (QED) is 0.0179. The van der Waals surface area contributed by atoms with E-state index in [2.05, 4.69) is 24.9 Å². The topological polar surface area (TPSA) is 182 Å². The number of aliphatic hydroxyl groups is 2. The van der Waals surface area contributed by atoms with Crippen molar-refractivity contribution in [2.45, 2.75) is 154 Å². The third-order valence-corrected chi connectivity index (χ3v) is 14.5. The number of nitro benzene ring substituents is 1. The predicted molar refractivity (Wildman–Crippen MR) is 286 cm³/mol. The molecular weight excluding hydrogens is 925 g/mol. The summed E-state index contributed by atoms with van der Waals surface area (Å²) in [5.74, 6) is -1.78. The second-order valence-corrected chi connectivity index (χ2v) is 19.7. The van der Waals surface area contributed by atoms with Gasteiger partial charge >= 0.3 is 6.09 Å².